The van der Waals surface area contributed by atoms with Crippen LogP contribution < -0.4 is 0 Å². The van der Waals surface area contributed by atoms with Crippen LogP contribution in [0.4, 0.5) is 4.39 Å². The number of fused-ring (bicyclic) bond motifs is 5. The maximum absolute atomic E-state index is 14.3. The molecule has 7 rings (SSSR count). The third-order valence-corrected chi connectivity index (χ3v) is 6.38. The average molecular weight is 469 g/mol. The number of rotatable bonds is 6. The second-order valence-electron chi connectivity index (χ2n) is 8.81. The molecule has 1 aliphatic carbocycles. The summed E-state index contributed by atoms with van der Waals surface area (Å²) < 4.78 is 29.6. The van der Waals surface area contributed by atoms with Crippen LogP contribution in [0.2, 0.25) is 0 Å². The third kappa shape index (κ3) is 3.53. The van der Waals surface area contributed by atoms with Crippen LogP contribution in [0, 0.1) is 5.82 Å². The van der Waals surface area contributed by atoms with Crippen LogP contribution >= 0.6 is 0 Å². The third-order valence-electron chi connectivity index (χ3n) is 6.38. The van der Waals surface area contributed by atoms with Crippen molar-refractivity contribution in [2.45, 2.75) is 38.5 Å². The highest BCUT2D eigenvalue weighted by Gasteiger charge is 2.32. The van der Waals surface area contributed by atoms with Crippen LogP contribution in [-0.4, -0.2) is 34.5 Å². The zero-order chi connectivity index (χ0) is 23.4. The van der Waals surface area contributed by atoms with E-state index in [0.717, 1.165) is 29.8 Å². The van der Waals surface area contributed by atoms with Gasteiger partial charge in [0.2, 0.25) is 11.7 Å². The lowest BCUT2D eigenvalue weighted by Gasteiger charge is -2.09. The summed E-state index contributed by atoms with van der Waals surface area (Å²) in [5.41, 5.74) is 3.91. The number of ether oxygens (including phenoxy) is 1. The molecule has 0 radical (unpaired) electrons. The summed E-state index contributed by atoms with van der Waals surface area (Å²) in [6, 6.07) is 14.6. The van der Waals surface area contributed by atoms with E-state index >= 15 is 0 Å². The van der Waals surface area contributed by atoms with Gasteiger partial charge in [-0.1, -0.05) is 35.5 Å². The molecule has 3 aromatic heterocycles. The molecular formula is C25H20FN7O2. The van der Waals surface area contributed by atoms with Crippen LogP contribution in [0.25, 0.3) is 28.6 Å². The van der Waals surface area contributed by atoms with Crippen LogP contribution in [0.5, 0.6) is 0 Å². The molecule has 2 aliphatic rings. The maximum Gasteiger partial charge on any atom is 0.230 e. The summed E-state index contributed by atoms with van der Waals surface area (Å²) in [4.78, 5) is 9.21. The van der Waals surface area contributed by atoms with Crippen LogP contribution in [0.1, 0.15) is 41.7 Å². The number of halogens is 1. The van der Waals surface area contributed by atoms with Crippen LogP contribution in [-0.2, 0) is 24.5 Å². The number of benzene rings is 2. The van der Waals surface area contributed by atoms with Gasteiger partial charge in [-0.05, 0) is 36.6 Å². The second kappa shape index (κ2) is 7.95. The van der Waals surface area contributed by atoms with Gasteiger partial charge in [-0.25, -0.2) is 9.37 Å². The predicted octanol–water partition coefficient (Wildman–Crippen LogP) is 4.28. The predicted molar refractivity (Wildman–Crippen MR) is 122 cm³/mol. The average Bonchev–Trinajstić information content (AvgIpc) is 3.31. The van der Waals surface area contributed by atoms with E-state index in [4.69, 9.17) is 9.26 Å². The highest BCUT2D eigenvalue weighted by atomic mass is 19.1. The van der Waals surface area contributed by atoms with Gasteiger partial charge in [0.25, 0.3) is 0 Å². The van der Waals surface area contributed by atoms with Crippen LogP contribution in [0.3, 0.4) is 0 Å². The molecule has 0 atom stereocenters. The molecule has 174 valence electrons. The molecule has 10 heteroatoms. The number of imidazole rings is 1. The maximum atomic E-state index is 14.3. The van der Waals surface area contributed by atoms with Gasteiger partial charge in [0.15, 0.2) is 11.6 Å². The van der Waals surface area contributed by atoms with Gasteiger partial charge in [-0.3, -0.25) is 4.57 Å². The smallest absolute Gasteiger partial charge is 0.230 e. The molecule has 0 amide bonds. The summed E-state index contributed by atoms with van der Waals surface area (Å²) >= 11 is 0. The van der Waals surface area contributed by atoms with Gasteiger partial charge in [0.1, 0.15) is 24.4 Å². The van der Waals surface area contributed by atoms with Gasteiger partial charge in [0, 0.05) is 11.5 Å². The van der Waals surface area contributed by atoms with Gasteiger partial charge < -0.3 is 13.8 Å². The van der Waals surface area contributed by atoms with Crippen molar-refractivity contribution in [3.05, 3.63) is 83.6 Å². The highest BCUT2D eigenvalue weighted by Crippen LogP contribution is 2.40. The van der Waals surface area contributed by atoms with Gasteiger partial charge in [-0.2, -0.15) is 4.98 Å². The van der Waals surface area contributed by atoms with E-state index in [1.807, 2.05) is 39.5 Å². The Morgan fingerprint density at radius 3 is 2.80 bits per heavy atom. The summed E-state index contributed by atoms with van der Waals surface area (Å²) in [5, 5.41) is 13.0. The topological polar surface area (TPSA) is 96.7 Å². The lowest BCUT2D eigenvalue weighted by molar-refractivity contribution is 0.0994. The first-order chi connectivity index (χ1) is 17.2. The number of aromatic nitrogens is 7. The zero-order valence-corrected chi connectivity index (χ0v) is 18.6. The Bertz CT molecular complexity index is 1530. The first kappa shape index (κ1) is 20.2. The summed E-state index contributed by atoms with van der Waals surface area (Å²) in [6.07, 6.45) is 3.84. The van der Waals surface area contributed by atoms with Crippen molar-refractivity contribution in [1.82, 2.24) is 34.5 Å². The van der Waals surface area contributed by atoms with Crippen molar-refractivity contribution in [1.29, 1.82) is 0 Å². The zero-order valence-electron chi connectivity index (χ0n) is 18.6. The largest absolute Gasteiger partial charge is 0.369 e. The van der Waals surface area contributed by atoms with Crippen molar-refractivity contribution >= 4 is 0 Å². The Kier molecular flexibility index (Phi) is 4.59. The van der Waals surface area contributed by atoms with Gasteiger partial charge in [0.05, 0.1) is 24.5 Å². The van der Waals surface area contributed by atoms with Gasteiger partial charge >= 0.3 is 0 Å². The lowest BCUT2D eigenvalue weighted by Crippen LogP contribution is -2.10. The molecule has 35 heavy (non-hydrogen) atoms. The molecular weight excluding hydrogens is 449 g/mol. The summed E-state index contributed by atoms with van der Waals surface area (Å²) in [6.45, 7) is 1.10. The minimum absolute atomic E-state index is 0.254. The van der Waals surface area contributed by atoms with E-state index in [2.05, 4.69) is 25.3 Å². The Morgan fingerprint density at radius 1 is 1.06 bits per heavy atom. The lowest BCUT2D eigenvalue weighted by atomic mass is 10.1. The molecule has 9 nitrogen and oxygen atoms in total. The Labute approximate surface area is 199 Å². The molecule has 0 bridgehead atoms. The van der Waals surface area contributed by atoms with Crippen molar-refractivity contribution in [3.63, 3.8) is 0 Å². The normalized spacial score (nSPS) is 14.3. The van der Waals surface area contributed by atoms with E-state index in [-0.39, 0.29) is 12.4 Å². The standard InChI is InChI=1S/C25H20FN7O2/c26-17-8-9-19-18(10-17)24-30-29-21(13-34-12-15-4-2-1-3-5-15)32(24)11-20-22(27-14-33(19)20)23-28-25(35-31-23)16-6-7-16/h1-5,8-10,14,16H,6-7,11-13H2. The number of hydrogen-bond acceptors (Lipinski definition) is 7. The molecule has 0 unspecified atom stereocenters. The quantitative estimate of drug-likeness (QED) is 0.359. The SMILES string of the molecule is Fc1ccc2c(c1)-c1nnc(COCc3ccccc3)n1Cc1c(-c3noc(C4CC4)n3)ncn1-2. The molecule has 5 aromatic rings. The second-order valence-corrected chi connectivity index (χ2v) is 8.81. The summed E-state index contributed by atoms with van der Waals surface area (Å²) in [7, 11) is 0. The molecule has 2 aromatic carbocycles. The van der Waals surface area contributed by atoms with Crippen molar-refractivity contribution < 1.29 is 13.7 Å². The highest BCUT2D eigenvalue weighted by molar-refractivity contribution is 5.71. The van der Waals surface area contributed by atoms with Crippen molar-refractivity contribution in [2.75, 3.05) is 0 Å². The fraction of sp³-hybridized carbons (Fsp3) is 0.240. The Balaban J connectivity index is 1.29. The van der Waals surface area contributed by atoms with E-state index in [1.54, 1.807) is 12.4 Å². The summed E-state index contributed by atoms with van der Waals surface area (Å²) in [5.74, 6) is 2.30. The van der Waals surface area contributed by atoms with E-state index in [9.17, 15) is 4.39 Å². The van der Waals surface area contributed by atoms with E-state index in [0.29, 0.717) is 53.7 Å². The van der Waals surface area contributed by atoms with Gasteiger partial charge in [-0.15, -0.1) is 10.2 Å². The monoisotopic (exact) mass is 469 g/mol. The minimum Gasteiger partial charge on any atom is -0.369 e. The molecule has 4 heterocycles. The number of nitrogens with zero attached hydrogens (tertiary/aromatic N) is 7. The Morgan fingerprint density at radius 2 is 1.94 bits per heavy atom. The first-order valence-electron chi connectivity index (χ1n) is 11.5. The number of hydrogen-bond donors (Lipinski definition) is 0. The molecule has 1 aliphatic heterocycles. The van der Waals surface area contributed by atoms with Crippen LogP contribution in [0.15, 0.2) is 59.4 Å². The first-order valence-corrected chi connectivity index (χ1v) is 11.5. The molecule has 0 spiro atoms. The van der Waals surface area contributed by atoms with Crippen molar-refractivity contribution in [3.8, 4) is 28.6 Å². The fourth-order valence-electron chi connectivity index (χ4n) is 4.44. The molecule has 0 saturated heterocycles. The fourth-order valence-corrected chi connectivity index (χ4v) is 4.44. The molecule has 0 N–H and O–H groups in total. The molecule has 1 fully saturated rings. The van der Waals surface area contributed by atoms with E-state index in [1.165, 1.54) is 12.1 Å². The minimum atomic E-state index is -0.351. The Hall–Kier alpha value is -4.18. The van der Waals surface area contributed by atoms with Crippen molar-refractivity contribution in [2.24, 2.45) is 0 Å². The molecule has 1 saturated carbocycles. The van der Waals surface area contributed by atoms with E-state index < -0.39 is 0 Å².